The number of piperidine rings is 1. The van der Waals surface area contributed by atoms with Gasteiger partial charge in [0.2, 0.25) is 5.91 Å². The number of nitrogens with zero attached hydrogens (tertiary/aromatic N) is 4. The van der Waals surface area contributed by atoms with Crippen LogP contribution in [0.15, 0.2) is 36.5 Å². The molecule has 5 rings (SSSR count). The van der Waals surface area contributed by atoms with Crippen molar-refractivity contribution in [2.75, 3.05) is 24.5 Å². The van der Waals surface area contributed by atoms with Crippen LogP contribution in [0.4, 0.5) is 18.9 Å². The monoisotopic (exact) mass is 485 g/mol. The minimum atomic E-state index is -4.57. The average Bonchev–Trinajstić information content (AvgIpc) is 3.45. The molecule has 2 saturated heterocycles. The van der Waals surface area contributed by atoms with E-state index < -0.39 is 11.7 Å². The standard InChI is InChI=1S/C26H30F3N5O/c1-32-10-2-3-21(32)16-34-17-25(14-23(34)24(35)31-19-5-6-19)8-11-33(12-9-25)20-7-4-18(15-30)22(13-20)26(27,28)29/h2-4,7,10,13,19,23H,5-6,8-9,11-12,14,16-17H2,1H3,(H,31,35). The van der Waals surface area contributed by atoms with E-state index >= 15 is 0 Å². The molecule has 0 radical (unpaired) electrons. The van der Waals surface area contributed by atoms with Crippen LogP contribution in [0.3, 0.4) is 0 Å². The van der Waals surface area contributed by atoms with E-state index in [1.54, 1.807) is 12.1 Å². The van der Waals surface area contributed by atoms with Crippen molar-refractivity contribution in [2.24, 2.45) is 12.5 Å². The van der Waals surface area contributed by atoms with Crippen LogP contribution in [0.2, 0.25) is 0 Å². The molecule has 1 saturated carbocycles. The number of alkyl halides is 3. The first-order valence-electron chi connectivity index (χ1n) is 12.2. The van der Waals surface area contributed by atoms with E-state index in [-0.39, 0.29) is 22.9 Å². The van der Waals surface area contributed by atoms with Crippen molar-refractivity contribution in [1.29, 1.82) is 5.26 Å². The molecular formula is C26H30F3N5O. The maximum atomic E-state index is 13.4. The number of nitrogens with one attached hydrogen (secondary N) is 1. The topological polar surface area (TPSA) is 64.3 Å². The Kier molecular flexibility index (Phi) is 6.04. The van der Waals surface area contributed by atoms with Gasteiger partial charge in [0.15, 0.2) is 0 Å². The lowest BCUT2D eigenvalue weighted by molar-refractivity contribution is -0.137. The summed E-state index contributed by atoms with van der Waals surface area (Å²) in [5.74, 6) is 0.0999. The summed E-state index contributed by atoms with van der Waals surface area (Å²) in [5, 5.41) is 12.3. The first kappa shape index (κ1) is 23.7. The number of rotatable bonds is 5. The summed E-state index contributed by atoms with van der Waals surface area (Å²) in [6.07, 6.45) is 1.91. The second-order valence-electron chi connectivity index (χ2n) is 10.3. The number of hydrogen-bond acceptors (Lipinski definition) is 4. The molecule has 2 aliphatic heterocycles. The Labute approximate surface area is 203 Å². The van der Waals surface area contributed by atoms with Gasteiger partial charge in [0.1, 0.15) is 0 Å². The molecule has 9 heteroatoms. The van der Waals surface area contributed by atoms with Crippen LogP contribution in [0.25, 0.3) is 0 Å². The van der Waals surface area contributed by atoms with E-state index in [9.17, 15) is 18.0 Å². The van der Waals surface area contributed by atoms with Crippen molar-refractivity contribution in [2.45, 2.75) is 56.9 Å². The molecule has 35 heavy (non-hydrogen) atoms. The summed E-state index contributed by atoms with van der Waals surface area (Å²) < 4.78 is 42.4. The Morgan fingerprint density at radius 3 is 2.57 bits per heavy atom. The third kappa shape index (κ3) is 4.90. The minimum Gasteiger partial charge on any atom is -0.371 e. The molecule has 3 heterocycles. The highest BCUT2D eigenvalue weighted by molar-refractivity contribution is 5.82. The van der Waals surface area contributed by atoms with Gasteiger partial charge >= 0.3 is 6.18 Å². The lowest BCUT2D eigenvalue weighted by Gasteiger charge is -2.40. The fourth-order valence-corrected chi connectivity index (χ4v) is 5.63. The lowest BCUT2D eigenvalue weighted by atomic mass is 9.76. The summed E-state index contributed by atoms with van der Waals surface area (Å²) in [4.78, 5) is 17.4. The molecule has 3 aliphatic rings. The predicted molar refractivity (Wildman–Crippen MR) is 125 cm³/mol. The second-order valence-corrected chi connectivity index (χ2v) is 10.3. The van der Waals surface area contributed by atoms with Crippen molar-refractivity contribution >= 4 is 11.6 Å². The average molecular weight is 486 g/mol. The second kappa shape index (κ2) is 8.90. The van der Waals surface area contributed by atoms with E-state index in [4.69, 9.17) is 5.26 Å². The van der Waals surface area contributed by atoms with E-state index in [2.05, 4.69) is 20.9 Å². The summed E-state index contributed by atoms with van der Waals surface area (Å²) >= 11 is 0. The number of likely N-dealkylation sites (tertiary alicyclic amines) is 1. The maximum absolute atomic E-state index is 13.4. The van der Waals surface area contributed by atoms with Gasteiger partial charge in [-0.15, -0.1) is 0 Å². The zero-order valence-corrected chi connectivity index (χ0v) is 19.8. The Morgan fingerprint density at radius 2 is 1.97 bits per heavy atom. The van der Waals surface area contributed by atoms with Gasteiger partial charge in [-0.3, -0.25) is 9.69 Å². The van der Waals surface area contributed by atoms with Gasteiger partial charge in [0.25, 0.3) is 0 Å². The Hall–Kier alpha value is -2.99. The zero-order chi connectivity index (χ0) is 24.8. The smallest absolute Gasteiger partial charge is 0.371 e. The Balaban J connectivity index is 1.31. The lowest BCUT2D eigenvalue weighted by Crippen LogP contribution is -2.43. The fourth-order valence-electron chi connectivity index (χ4n) is 5.63. The Morgan fingerprint density at radius 1 is 1.23 bits per heavy atom. The maximum Gasteiger partial charge on any atom is 0.417 e. The van der Waals surface area contributed by atoms with Gasteiger partial charge in [0, 0.05) is 56.8 Å². The molecule has 1 atom stereocenters. The number of aryl methyl sites for hydroxylation is 1. The van der Waals surface area contributed by atoms with Gasteiger partial charge in [-0.25, -0.2) is 0 Å². The highest BCUT2D eigenvalue weighted by Crippen LogP contribution is 2.45. The van der Waals surface area contributed by atoms with Gasteiger partial charge in [-0.2, -0.15) is 18.4 Å². The predicted octanol–water partition coefficient (Wildman–Crippen LogP) is 4.06. The van der Waals surface area contributed by atoms with Crippen molar-refractivity contribution in [3.8, 4) is 6.07 Å². The van der Waals surface area contributed by atoms with Crippen molar-refractivity contribution < 1.29 is 18.0 Å². The molecule has 2 aromatic rings. The molecule has 186 valence electrons. The number of amides is 1. The fraction of sp³-hybridized carbons (Fsp3) is 0.538. The number of benzene rings is 1. The van der Waals surface area contributed by atoms with E-state index in [1.807, 2.05) is 24.2 Å². The quantitative estimate of drug-likeness (QED) is 0.694. The highest BCUT2D eigenvalue weighted by Gasteiger charge is 2.48. The number of hydrogen-bond donors (Lipinski definition) is 1. The molecule has 1 amide bonds. The summed E-state index contributed by atoms with van der Waals surface area (Å²) in [5.41, 5.74) is 0.372. The Bertz CT molecular complexity index is 1140. The number of aromatic nitrogens is 1. The first-order valence-corrected chi connectivity index (χ1v) is 12.2. The van der Waals surface area contributed by atoms with Crippen molar-refractivity contribution in [3.05, 3.63) is 53.3 Å². The van der Waals surface area contributed by atoms with Crippen LogP contribution < -0.4 is 10.2 Å². The molecule has 1 N–H and O–H groups in total. The van der Waals surface area contributed by atoms with Crippen LogP contribution >= 0.6 is 0 Å². The summed E-state index contributed by atoms with van der Waals surface area (Å²) in [6.45, 7) is 2.74. The SMILES string of the molecule is Cn1cccc1CN1CC2(CCN(c3ccc(C#N)c(C(F)(F)F)c3)CC2)CC1C(=O)NC1CC1. The molecule has 3 fully saturated rings. The van der Waals surface area contributed by atoms with Crippen molar-refractivity contribution in [3.63, 3.8) is 0 Å². The normalized spacial score (nSPS) is 22.4. The van der Waals surface area contributed by atoms with Crippen LogP contribution in [-0.2, 0) is 24.6 Å². The number of halogens is 3. The zero-order valence-electron chi connectivity index (χ0n) is 19.8. The van der Waals surface area contributed by atoms with Gasteiger partial charge in [-0.1, -0.05) is 0 Å². The largest absolute Gasteiger partial charge is 0.417 e. The number of carbonyl (C=O) groups excluding carboxylic acids is 1. The molecule has 1 aromatic heterocycles. The van der Waals surface area contributed by atoms with Crippen LogP contribution in [0.1, 0.15) is 48.9 Å². The van der Waals surface area contributed by atoms with Crippen molar-refractivity contribution in [1.82, 2.24) is 14.8 Å². The molecule has 1 aromatic carbocycles. The summed E-state index contributed by atoms with van der Waals surface area (Å²) in [6, 6.07) is 9.80. The number of nitriles is 1. The molecule has 6 nitrogen and oxygen atoms in total. The molecule has 0 bridgehead atoms. The molecule has 1 spiro atoms. The van der Waals surface area contributed by atoms with E-state index in [1.165, 1.54) is 6.07 Å². The van der Waals surface area contributed by atoms with E-state index in [0.717, 1.165) is 50.4 Å². The highest BCUT2D eigenvalue weighted by atomic mass is 19.4. The van der Waals surface area contributed by atoms with Gasteiger partial charge < -0.3 is 14.8 Å². The molecule has 1 unspecified atom stereocenters. The van der Waals surface area contributed by atoms with Gasteiger partial charge in [0.05, 0.1) is 23.2 Å². The third-order valence-corrected chi connectivity index (χ3v) is 7.87. The van der Waals surface area contributed by atoms with E-state index in [0.29, 0.717) is 31.4 Å². The van der Waals surface area contributed by atoms with Gasteiger partial charge in [-0.05, 0) is 67.9 Å². The van der Waals surface area contributed by atoms with Crippen LogP contribution in [0.5, 0.6) is 0 Å². The van der Waals surface area contributed by atoms with Crippen LogP contribution in [0, 0.1) is 16.7 Å². The molecular weight excluding hydrogens is 455 g/mol. The third-order valence-electron chi connectivity index (χ3n) is 7.87. The molecule has 1 aliphatic carbocycles. The number of anilines is 1. The van der Waals surface area contributed by atoms with Crippen LogP contribution in [-0.4, -0.2) is 47.1 Å². The minimum absolute atomic E-state index is 0.0350. The number of carbonyl (C=O) groups is 1. The summed E-state index contributed by atoms with van der Waals surface area (Å²) in [7, 11) is 2.01. The first-order chi connectivity index (χ1) is 16.7.